The lowest BCUT2D eigenvalue weighted by Gasteiger charge is -2.27. The molecule has 1 aliphatic rings. The Hall–Kier alpha value is -1.42. The van der Waals surface area contributed by atoms with E-state index < -0.39 is 4.92 Å². The highest BCUT2D eigenvalue weighted by Gasteiger charge is 2.12. The fraction of sp³-hybridized carbons (Fsp3) is 0.417. The molecule has 0 saturated carbocycles. The van der Waals surface area contributed by atoms with E-state index in [4.69, 9.17) is 10.5 Å². The summed E-state index contributed by atoms with van der Waals surface area (Å²) in [5, 5.41) is 10.7. The van der Waals surface area contributed by atoms with Gasteiger partial charge in [-0.15, -0.1) is 24.0 Å². The fourth-order valence-electron chi connectivity index (χ4n) is 1.83. The topological polar surface area (TPSA) is 94.0 Å². The SMILES string of the molecule is I.NC(=NCc1cccc([N+](=O)[O-])c1)N1CCOCC1. The number of nitrogens with two attached hydrogens (primary N) is 1. The zero-order chi connectivity index (χ0) is 13.7. The second kappa shape index (κ2) is 8.00. The molecular weight excluding hydrogens is 375 g/mol. The van der Waals surface area contributed by atoms with Crippen molar-refractivity contribution in [1.82, 2.24) is 4.90 Å². The van der Waals surface area contributed by atoms with Gasteiger partial charge in [0, 0.05) is 25.2 Å². The second-order valence-electron chi connectivity index (χ2n) is 4.20. The molecule has 1 aliphatic heterocycles. The zero-order valence-corrected chi connectivity index (χ0v) is 13.2. The van der Waals surface area contributed by atoms with Gasteiger partial charge in [0.1, 0.15) is 0 Å². The molecule has 1 heterocycles. The average Bonchev–Trinajstić information content (AvgIpc) is 2.46. The number of non-ortho nitro benzene ring substituents is 1. The summed E-state index contributed by atoms with van der Waals surface area (Å²) in [5.74, 6) is 0.454. The summed E-state index contributed by atoms with van der Waals surface area (Å²) in [4.78, 5) is 16.4. The molecule has 0 radical (unpaired) electrons. The third-order valence-corrected chi connectivity index (χ3v) is 2.88. The molecule has 8 heteroatoms. The van der Waals surface area contributed by atoms with Crippen LogP contribution >= 0.6 is 24.0 Å². The van der Waals surface area contributed by atoms with E-state index in [0.29, 0.717) is 25.7 Å². The number of nitro benzene ring substituents is 1. The predicted octanol–water partition coefficient (Wildman–Crippen LogP) is 1.36. The Balaban J connectivity index is 0.00000200. The number of hydrogen-bond acceptors (Lipinski definition) is 4. The molecule has 0 aliphatic carbocycles. The summed E-state index contributed by atoms with van der Waals surface area (Å²) in [5.41, 5.74) is 6.72. The number of ether oxygens (including phenoxy) is 1. The summed E-state index contributed by atoms with van der Waals surface area (Å²) in [7, 11) is 0. The van der Waals surface area contributed by atoms with E-state index in [1.807, 2.05) is 4.90 Å². The molecule has 0 spiro atoms. The van der Waals surface area contributed by atoms with Crippen LogP contribution in [-0.4, -0.2) is 42.1 Å². The van der Waals surface area contributed by atoms with Gasteiger partial charge in [0.2, 0.25) is 0 Å². The van der Waals surface area contributed by atoms with Gasteiger partial charge in [-0.05, 0) is 5.56 Å². The minimum Gasteiger partial charge on any atom is -0.378 e. The maximum absolute atomic E-state index is 10.7. The van der Waals surface area contributed by atoms with Crippen LogP contribution < -0.4 is 5.73 Å². The van der Waals surface area contributed by atoms with Crippen molar-refractivity contribution in [3.05, 3.63) is 39.9 Å². The Morgan fingerprint density at radius 3 is 2.80 bits per heavy atom. The normalized spacial score (nSPS) is 15.6. The smallest absolute Gasteiger partial charge is 0.269 e. The third-order valence-electron chi connectivity index (χ3n) is 2.88. The van der Waals surface area contributed by atoms with Gasteiger partial charge in [-0.25, -0.2) is 4.99 Å². The molecule has 20 heavy (non-hydrogen) atoms. The lowest BCUT2D eigenvalue weighted by atomic mass is 10.2. The lowest BCUT2D eigenvalue weighted by molar-refractivity contribution is -0.384. The molecule has 1 aromatic rings. The van der Waals surface area contributed by atoms with Crippen LogP contribution in [0.5, 0.6) is 0 Å². The molecule has 2 N–H and O–H groups in total. The summed E-state index contributed by atoms with van der Waals surface area (Å²) < 4.78 is 5.23. The Morgan fingerprint density at radius 1 is 1.45 bits per heavy atom. The Bertz CT molecular complexity index is 489. The quantitative estimate of drug-likeness (QED) is 0.276. The summed E-state index contributed by atoms with van der Waals surface area (Å²) in [6, 6.07) is 6.41. The second-order valence-corrected chi connectivity index (χ2v) is 4.20. The van der Waals surface area contributed by atoms with E-state index >= 15 is 0 Å². The molecule has 1 fully saturated rings. The van der Waals surface area contributed by atoms with Crippen molar-refractivity contribution >= 4 is 35.6 Å². The van der Waals surface area contributed by atoms with E-state index in [9.17, 15) is 10.1 Å². The van der Waals surface area contributed by atoms with E-state index in [1.54, 1.807) is 12.1 Å². The van der Waals surface area contributed by atoms with Gasteiger partial charge < -0.3 is 15.4 Å². The van der Waals surface area contributed by atoms with Crippen molar-refractivity contribution in [2.45, 2.75) is 6.54 Å². The van der Waals surface area contributed by atoms with E-state index in [0.717, 1.165) is 18.7 Å². The third kappa shape index (κ3) is 4.60. The van der Waals surface area contributed by atoms with Gasteiger partial charge in [0.25, 0.3) is 5.69 Å². The van der Waals surface area contributed by atoms with Crippen molar-refractivity contribution in [3.8, 4) is 0 Å². The van der Waals surface area contributed by atoms with Crippen LogP contribution in [0.25, 0.3) is 0 Å². The monoisotopic (exact) mass is 392 g/mol. The van der Waals surface area contributed by atoms with Crippen molar-refractivity contribution in [3.63, 3.8) is 0 Å². The van der Waals surface area contributed by atoms with Crippen LogP contribution in [0.3, 0.4) is 0 Å². The highest BCUT2D eigenvalue weighted by Crippen LogP contribution is 2.13. The molecule has 2 rings (SSSR count). The number of hydrogen-bond donors (Lipinski definition) is 1. The van der Waals surface area contributed by atoms with Gasteiger partial charge in [0.15, 0.2) is 5.96 Å². The van der Waals surface area contributed by atoms with Crippen LogP contribution in [0.4, 0.5) is 5.69 Å². The Morgan fingerprint density at radius 2 is 2.15 bits per heavy atom. The van der Waals surface area contributed by atoms with Crippen LogP contribution in [0.2, 0.25) is 0 Å². The van der Waals surface area contributed by atoms with E-state index in [-0.39, 0.29) is 29.7 Å². The summed E-state index contributed by atoms with van der Waals surface area (Å²) in [6.45, 7) is 3.08. The molecule has 0 unspecified atom stereocenters. The van der Waals surface area contributed by atoms with Crippen LogP contribution in [0, 0.1) is 10.1 Å². The maximum atomic E-state index is 10.7. The number of nitro groups is 1. The fourth-order valence-corrected chi connectivity index (χ4v) is 1.83. The van der Waals surface area contributed by atoms with Crippen LogP contribution in [0.15, 0.2) is 29.3 Å². The molecule has 0 bridgehead atoms. The standard InChI is InChI=1S/C12H16N4O3.HI/c13-12(15-4-6-19-7-5-15)14-9-10-2-1-3-11(8-10)16(17)18;/h1-3,8H,4-7,9H2,(H2,13,14);1H. The van der Waals surface area contributed by atoms with Crippen molar-refractivity contribution in [1.29, 1.82) is 0 Å². The Kier molecular flexibility index (Phi) is 6.65. The first-order valence-corrected chi connectivity index (χ1v) is 6.03. The predicted molar refractivity (Wildman–Crippen MR) is 86.2 cm³/mol. The maximum Gasteiger partial charge on any atom is 0.269 e. The molecule has 7 nitrogen and oxygen atoms in total. The van der Waals surface area contributed by atoms with Gasteiger partial charge in [0.05, 0.1) is 24.7 Å². The number of rotatable bonds is 3. The highest BCUT2D eigenvalue weighted by molar-refractivity contribution is 14.0. The molecule has 1 aromatic carbocycles. The number of guanidine groups is 1. The first-order valence-electron chi connectivity index (χ1n) is 6.03. The Labute approximate surface area is 134 Å². The van der Waals surface area contributed by atoms with Gasteiger partial charge in [-0.3, -0.25) is 10.1 Å². The molecule has 0 aromatic heterocycles. The lowest BCUT2D eigenvalue weighted by Crippen LogP contribution is -2.44. The van der Waals surface area contributed by atoms with Gasteiger partial charge in [-0.1, -0.05) is 12.1 Å². The van der Waals surface area contributed by atoms with E-state index in [2.05, 4.69) is 4.99 Å². The minimum atomic E-state index is -0.418. The van der Waals surface area contributed by atoms with Gasteiger partial charge >= 0.3 is 0 Å². The average molecular weight is 392 g/mol. The van der Waals surface area contributed by atoms with E-state index in [1.165, 1.54) is 12.1 Å². The first-order chi connectivity index (χ1) is 9.16. The molecular formula is C12H17IN4O3. The number of morpholine rings is 1. The number of halogens is 1. The highest BCUT2D eigenvalue weighted by atomic mass is 127. The number of benzene rings is 1. The summed E-state index contributed by atoms with van der Waals surface area (Å²) >= 11 is 0. The first kappa shape index (κ1) is 16.6. The number of nitrogens with zero attached hydrogens (tertiary/aromatic N) is 3. The van der Waals surface area contributed by atoms with Crippen LogP contribution in [-0.2, 0) is 11.3 Å². The van der Waals surface area contributed by atoms with Crippen molar-refractivity contribution < 1.29 is 9.66 Å². The molecule has 1 saturated heterocycles. The molecule has 110 valence electrons. The molecule has 0 atom stereocenters. The zero-order valence-electron chi connectivity index (χ0n) is 10.9. The van der Waals surface area contributed by atoms with Crippen molar-refractivity contribution in [2.75, 3.05) is 26.3 Å². The van der Waals surface area contributed by atoms with Crippen molar-refractivity contribution in [2.24, 2.45) is 10.7 Å². The van der Waals surface area contributed by atoms with Gasteiger partial charge in [-0.2, -0.15) is 0 Å². The summed E-state index contributed by atoms with van der Waals surface area (Å²) in [6.07, 6.45) is 0. The molecule has 0 amide bonds. The minimum absolute atomic E-state index is 0. The van der Waals surface area contributed by atoms with Crippen LogP contribution in [0.1, 0.15) is 5.56 Å². The number of aliphatic imine (C=N–C) groups is 1. The largest absolute Gasteiger partial charge is 0.378 e.